The number of pyridine rings is 1. The summed E-state index contributed by atoms with van der Waals surface area (Å²) in [6.07, 6.45) is -2.28. The van der Waals surface area contributed by atoms with Crippen molar-refractivity contribution in [3.8, 4) is 0 Å². The molecule has 1 aromatic rings. The molecule has 98 valence electrons. The second-order valence-electron chi connectivity index (χ2n) is 4.38. The van der Waals surface area contributed by atoms with Crippen LogP contribution < -0.4 is 4.90 Å². The molecule has 1 fully saturated rings. The third-order valence-corrected chi connectivity index (χ3v) is 3.04. The number of aromatic nitrogens is 1. The molecule has 1 aliphatic heterocycles. The minimum atomic E-state index is -4.42. The highest BCUT2D eigenvalue weighted by molar-refractivity contribution is 5.81. The van der Waals surface area contributed by atoms with Crippen LogP contribution in [0.5, 0.6) is 0 Å². The van der Waals surface area contributed by atoms with Gasteiger partial charge in [-0.1, -0.05) is 0 Å². The summed E-state index contributed by atoms with van der Waals surface area (Å²) in [5.74, 6) is 0.198. The van der Waals surface area contributed by atoms with E-state index in [2.05, 4.69) is 4.98 Å². The predicted octanol–water partition coefficient (Wildman–Crippen LogP) is 2.58. The van der Waals surface area contributed by atoms with Crippen molar-refractivity contribution in [2.24, 2.45) is 0 Å². The topological polar surface area (TPSA) is 33.2 Å². The first-order valence-corrected chi connectivity index (χ1v) is 5.68. The Bertz CT molecular complexity index is 461. The number of halogens is 3. The monoisotopic (exact) mass is 258 g/mol. The van der Waals surface area contributed by atoms with Gasteiger partial charge in [0, 0.05) is 25.9 Å². The van der Waals surface area contributed by atoms with E-state index in [1.165, 1.54) is 6.20 Å². The summed E-state index contributed by atoms with van der Waals surface area (Å²) in [5.41, 5.74) is 0.332. The lowest BCUT2D eigenvalue weighted by Gasteiger charge is -2.29. The number of rotatable bonds is 1. The molecule has 0 aliphatic carbocycles. The van der Waals surface area contributed by atoms with Crippen molar-refractivity contribution in [3.63, 3.8) is 0 Å². The number of alkyl halides is 3. The van der Waals surface area contributed by atoms with Gasteiger partial charge in [-0.05, 0) is 18.6 Å². The van der Waals surface area contributed by atoms with Crippen LogP contribution in [0.2, 0.25) is 0 Å². The molecule has 18 heavy (non-hydrogen) atoms. The quantitative estimate of drug-likeness (QED) is 0.776. The fourth-order valence-electron chi connectivity index (χ4n) is 2.03. The molecule has 1 saturated heterocycles. The average molecular weight is 258 g/mol. The fraction of sp³-hybridized carbons (Fsp3) is 0.500. The van der Waals surface area contributed by atoms with Gasteiger partial charge in [0.05, 0.1) is 11.9 Å². The molecule has 0 spiro atoms. The van der Waals surface area contributed by atoms with Crippen LogP contribution in [0, 0.1) is 6.92 Å². The third-order valence-electron chi connectivity index (χ3n) is 3.04. The Morgan fingerprint density at radius 3 is 2.39 bits per heavy atom. The number of Topliss-reactive ketones (excluding diaryl/α,β-unsaturated/α-hetero) is 1. The number of anilines is 1. The second kappa shape index (κ2) is 4.59. The minimum Gasteiger partial charge on any atom is -0.369 e. The van der Waals surface area contributed by atoms with Gasteiger partial charge in [-0.25, -0.2) is 4.98 Å². The van der Waals surface area contributed by atoms with Crippen LogP contribution in [0.4, 0.5) is 18.9 Å². The summed E-state index contributed by atoms with van der Waals surface area (Å²) in [7, 11) is 0. The van der Waals surface area contributed by atoms with Gasteiger partial charge in [0.15, 0.2) is 0 Å². The Labute approximate surface area is 103 Å². The molecule has 0 N–H and O–H groups in total. The van der Waals surface area contributed by atoms with Crippen molar-refractivity contribution in [1.29, 1.82) is 0 Å². The molecule has 2 rings (SSSR count). The molecular weight excluding hydrogens is 245 g/mol. The van der Waals surface area contributed by atoms with E-state index in [0.29, 0.717) is 37.2 Å². The second-order valence-corrected chi connectivity index (χ2v) is 4.38. The first-order valence-electron chi connectivity index (χ1n) is 5.68. The highest BCUT2D eigenvalue weighted by Gasteiger charge is 2.33. The van der Waals surface area contributed by atoms with Crippen LogP contribution in [0.15, 0.2) is 12.3 Å². The largest absolute Gasteiger partial charge is 0.433 e. The van der Waals surface area contributed by atoms with Crippen LogP contribution in [0.25, 0.3) is 0 Å². The summed E-state index contributed by atoms with van der Waals surface area (Å²) < 4.78 is 37.4. The molecule has 2 heterocycles. The molecule has 1 aromatic heterocycles. The number of hydrogen-bond donors (Lipinski definition) is 0. The zero-order valence-electron chi connectivity index (χ0n) is 9.92. The SMILES string of the molecule is Cc1cc(C(F)(F)F)ncc1N1CCC(=O)CC1. The molecule has 0 bridgehead atoms. The van der Waals surface area contributed by atoms with E-state index >= 15 is 0 Å². The van der Waals surface area contributed by atoms with Crippen LogP contribution in [-0.2, 0) is 11.0 Å². The van der Waals surface area contributed by atoms with Crippen molar-refractivity contribution in [3.05, 3.63) is 23.5 Å². The number of hydrogen-bond acceptors (Lipinski definition) is 3. The zero-order valence-corrected chi connectivity index (χ0v) is 9.92. The van der Waals surface area contributed by atoms with E-state index in [4.69, 9.17) is 0 Å². The molecule has 0 amide bonds. The van der Waals surface area contributed by atoms with E-state index in [0.717, 1.165) is 6.07 Å². The molecular formula is C12H13F3N2O. The normalized spacial score (nSPS) is 17.1. The maximum Gasteiger partial charge on any atom is 0.433 e. The summed E-state index contributed by atoms with van der Waals surface area (Å²) in [4.78, 5) is 16.5. The Hall–Kier alpha value is -1.59. The van der Waals surface area contributed by atoms with Gasteiger partial charge in [-0.3, -0.25) is 4.79 Å². The third kappa shape index (κ3) is 2.63. The summed E-state index contributed by atoms with van der Waals surface area (Å²) >= 11 is 0. The van der Waals surface area contributed by atoms with Crippen molar-refractivity contribution in [2.75, 3.05) is 18.0 Å². The number of carbonyl (C=O) groups excluding carboxylic acids is 1. The molecule has 1 aliphatic rings. The number of nitrogens with zero attached hydrogens (tertiary/aromatic N) is 2. The maximum absolute atomic E-state index is 12.5. The summed E-state index contributed by atoms with van der Waals surface area (Å²) in [6, 6.07) is 1.05. The van der Waals surface area contributed by atoms with E-state index in [1.807, 2.05) is 4.90 Å². The van der Waals surface area contributed by atoms with Gasteiger partial charge in [-0.2, -0.15) is 13.2 Å². The van der Waals surface area contributed by atoms with Crippen molar-refractivity contribution < 1.29 is 18.0 Å². The Balaban J connectivity index is 2.22. The summed E-state index contributed by atoms with van der Waals surface area (Å²) in [5, 5.41) is 0. The molecule has 0 saturated carbocycles. The van der Waals surface area contributed by atoms with Gasteiger partial charge in [0.2, 0.25) is 0 Å². The molecule has 6 heteroatoms. The van der Waals surface area contributed by atoms with Crippen LogP contribution in [-0.4, -0.2) is 23.9 Å². The van der Waals surface area contributed by atoms with Crippen LogP contribution in [0.1, 0.15) is 24.1 Å². The lowest BCUT2D eigenvalue weighted by atomic mass is 10.1. The highest BCUT2D eigenvalue weighted by Crippen LogP contribution is 2.31. The maximum atomic E-state index is 12.5. The molecule has 0 unspecified atom stereocenters. The Morgan fingerprint density at radius 1 is 1.28 bits per heavy atom. The van der Waals surface area contributed by atoms with Gasteiger partial charge in [-0.15, -0.1) is 0 Å². The van der Waals surface area contributed by atoms with Crippen LogP contribution in [0.3, 0.4) is 0 Å². The first kappa shape index (κ1) is 12.9. The predicted molar refractivity (Wildman–Crippen MR) is 60.4 cm³/mol. The molecule has 0 radical (unpaired) electrons. The van der Waals surface area contributed by atoms with E-state index in [1.54, 1.807) is 6.92 Å². The number of ketones is 1. The number of piperidine rings is 1. The zero-order chi connectivity index (χ0) is 13.3. The van der Waals surface area contributed by atoms with Crippen molar-refractivity contribution in [2.45, 2.75) is 25.9 Å². The number of aryl methyl sites for hydroxylation is 1. The lowest BCUT2D eigenvalue weighted by molar-refractivity contribution is -0.141. The first-order chi connectivity index (χ1) is 8.38. The minimum absolute atomic E-state index is 0.198. The van der Waals surface area contributed by atoms with Gasteiger partial charge in [0.25, 0.3) is 0 Å². The van der Waals surface area contributed by atoms with Crippen molar-refractivity contribution in [1.82, 2.24) is 4.98 Å². The van der Waals surface area contributed by atoms with Crippen LogP contribution >= 0.6 is 0 Å². The standard InChI is InChI=1S/C12H13F3N2O/c1-8-6-11(12(13,14)15)16-7-10(8)17-4-2-9(18)3-5-17/h6-7H,2-5H2,1H3. The molecule has 3 nitrogen and oxygen atoms in total. The summed E-state index contributed by atoms with van der Waals surface area (Å²) in [6.45, 7) is 2.72. The van der Waals surface area contributed by atoms with Gasteiger partial charge in [0.1, 0.15) is 11.5 Å². The van der Waals surface area contributed by atoms with Gasteiger partial charge < -0.3 is 4.90 Å². The lowest BCUT2D eigenvalue weighted by Crippen LogP contribution is -2.34. The molecule has 0 aromatic carbocycles. The fourth-order valence-corrected chi connectivity index (χ4v) is 2.03. The number of carbonyl (C=O) groups is 1. The Kier molecular flexibility index (Phi) is 3.28. The average Bonchev–Trinajstić information content (AvgIpc) is 2.29. The van der Waals surface area contributed by atoms with E-state index in [-0.39, 0.29) is 5.78 Å². The highest BCUT2D eigenvalue weighted by atomic mass is 19.4. The molecule has 0 atom stereocenters. The van der Waals surface area contributed by atoms with E-state index in [9.17, 15) is 18.0 Å². The van der Waals surface area contributed by atoms with Crippen molar-refractivity contribution >= 4 is 11.5 Å². The Morgan fingerprint density at radius 2 is 1.89 bits per heavy atom. The van der Waals surface area contributed by atoms with Gasteiger partial charge >= 0.3 is 6.18 Å². The smallest absolute Gasteiger partial charge is 0.369 e. The van der Waals surface area contributed by atoms with E-state index < -0.39 is 11.9 Å².